The molecule has 4 nitrogen and oxygen atoms in total. The van der Waals surface area contributed by atoms with Crippen LogP contribution in [0.15, 0.2) is 24.3 Å². The molecule has 0 aliphatic carbocycles. The van der Waals surface area contributed by atoms with Gasteiger partial charge in [-0.3, -0.25) is 4.79 Å². The zero-order valence-corrected chi connectivity index (χ0v) is 13.3. The molecule has 1 amide bonds. The monoisotopic (exact) mass is 302 g/mol. The van der Waals surface area contributed by atoms with Crippen LogP contribution in [-0.4, -0.2) is 31.1 Å². The van der Waals surface area contributed by atoms with Gasteiger partial charge in [-0.1, -0.05) is 29.8 Å². The Bertz CT molecular complexity index is 494. The molecule has 2 fully saturated rings. The number of rotatable bonds is 4. The zero-order valence-electron chi connectivity index (χ0n) is 13.3. The molecular weight excluding hydrogens is 276 g/mol. The predicted molar refractivity (Wildman–Crippen MR) is 86.7 cm³/mol. The maximum absolute atomic E-state index is 12.3. The van der Waals surface area contributed by atoms with Crippen molar-refractivity contribution in [2.45, 2.75) is 57.2 Å². The number of hydrogen-bond acceptors (Lipinski definition) is 3. The second-order valence-corrected chi connectivity index (χ2v) is 6.52. The van der Waals surface area contributed by atoms with E-state index in [0.717, 1.165) is 38.0 Å². The quantitative estimate of drug-likeness (QED) is 0.898. The molecule has 120 valence electrons. The highest BCUT2D eigenvalue weighted by molar-refractivity contribution is 5.77. The summed E-state index contributed by atoms with van der Waals surface area (Å²) in [6.07, 6.45) is 4.84. The summed E-state index contributed by atoms with van der Waals surface area (Å²) in [4.78, 5) is 12.3. The fraction of sp³-hybridized carbons (Fsp3) is 0.611. The Morgan fingerprint density at radius 1 is 1.27 bits per heavy atom. The van der Waals surface area contributed by atoms with Crippen LogP contribution in [0.25, 0.3) is 0 Å². The predicted octanol–water partition coefficient (Wildman–Crippen LogP) is 2.47. The van der Waals surface area contributed by atoms with Crippen molar-refractivity contribution in [3.05, 3.63) is 35.4 Å². The molecule has 0 saturated carbocycles. The fourth-order valence-electron chi connectivity index (χ4n) is 3.43. The molecule has 22 heavy (non-hydrogen) atoms. The van der Waals surface area contributed by atoms with Crippen LogP contribution in [-0.2, 0) is 9.53 Å². The molecular formula is C18H26N2O2. The standard InChI is InChI=1S/C18H26N2O2/c1-13-6-8-14(9-7-13)18-16(5-3-11-22-18)20-17(21)12-15-4-2-10-19-15/h6-9,15-16,18-19H,2-5,10-12H2,1H3,(H,20,21). The minimum absolute atomic E-state index is 0.0187. The largest absolute Gasteiger partial charge is 0.371 e. The number of aryl methyl sites for hydroxylation is 1. The summed E-state index contributed by atoms with van der Waals surface area (Å²) < 4.78 is 5.96. The van der Waals surface area contributed by atoms with Crippen LogP contribution in [0.2, 0.25) is 0 Å². The van der Waals surface area contributed by atoms with Crippen molar-refractivity contribution in [1.29, 1.82) is 0 Å². The van der Waals surface area contributed by atoms with Crippen molar-refractivity contribution in [1.82, 2.24) is 10.6 Å². The lowest BCUT2D eigenvalue weighted by atomic mass is 9.95. The number of hydrogen-bond donors (Lipinski definition) is 2. The van der Waals surface area contributed by atoms with Gasteiger partial charge in [-0.2, -0.15) is 0 Å². The van der Waals surface area contributed by atoms with E-state index >= 15 is 0 Å². The van der Waals surface area contributed by atoms with E-state index in [-0.39, 0.29) is 18.1 Å². The van der Waals surface area contributed by atoms with Gasteiger partial charge in [0.25, 0.3) is 0 Å². The van der Waals surface area contributed by atoms with E-state index in [4.69, 9.17) is 4.74 Å². The summed E-state index contributed by atoms with van der Waals surface area (Å²) in [5.41, 5.74) is 2.40. The minimum atomic E-state index is -0.0187. The van der Waals surface area contributed by atoms with E-state index in [0.29, 0.717) is 12.5 Å². The van der Waals surface area contributed by atoms with E-state index in [2.05, 4.69) is 41.8 Å². The van der Waals surface area contributed by atoms with Crippen LogP contribution in [0, 0.1) is 6.92 Å². The highest BCUT2D eigenvalue weighted by Crippen LogP contribution is 2.28. The lowest BCUT2D eigenvalue weighted by Crippen LogP contribution is -2.44. The van der Waals surface area contributed by atoms with Crippen molar-refractivity contribution < 1.29 is 9.53 Å². The summed E-state index contributed by atoms with van der Waals surface area (Å²) in [6.45, 7) is 3.89. The van der Waals surface area contributed by atoms with Gasteiger partial charge in [-0.15, -0.1) is 0 Å². The molecule has 3 rings (SSSR count). The summed E-state index contributed by atoms with van der Waals surface area (Å²) in [6, 6.07) is 8.88. The van der Waals surface area contributed by atoms with Crippen LogP contribution in [0.1, 0.15) is 49.3 Å². The maximum Gasteiger partial charge on any atom is 0.221 e. The van der Waals surface area contributed by atoms with E-state index < -0.39 is 0 Å². The van der Waals surface area contributed by atoms with Crippen molar-refractivity contribution >= 4 is 5.91 Å². The third kappa shape index (κ3) is 3.87. The number of carbonyl (C=O) groups excluding carboxylic acids is 1. The second-order valence-electron chi connectivity index (χ2n) is 6.52. The molecule has 2 heterocycles. The molecule has 2 aliphatic rings. The lowest BCUT2D eigenvalue weighted by Gasteiger charge is -2.33. The van der Waals surface area contributed by atoms with E-state index in [1.807, 2.05) is 0 Å². The van der Waals surface area contributed by atoms with Gasteiger partial charge in [-0.25, -0.2) is 0 Å². The van der Waals surface area contributed by atoms with Crippen LogP contribution < -0.4 is 10.6 Å². The normalized spacial score (nSPS) is 28.5. The summed E-state index contributed by atoms with van der Waals surface area (Å²) in [5.74, 6) is 0.145. The van der Waals surface area contributed by atoms with Gasteiger partial charge in [0, 0.05) is 19.1 Å². The van der Waals surface area contributed by atoms with Crippen LogP contribution >= 0.6 is 0 Å². The summed E-state index contributed by atoms with van der Waals surface area (Å²) in [5, 5.41) is 6.59. The van der Waals surface area contributed by atoms with Crippen molar-refractivity contribution in [2.24, 2.45) is 0 Å². The van der Waals surface area contributed by atoms with E-state index in [1.54, 1.807) is 0 Å². The topological polar surface area (TPSA) is 50.4 Å². The first-order valence-electron chi connectivity index (χ1n) is 8.43. The van der Waals surface area contributed by atoms with Crippen molar-refractivity contribution in [2.75, 3.05) is 13.2 Å². The number of nitrogens with one attached hydrogen (secondary N) is 2. The SMILES string of the molecule is Cc1ccc(C2OCCCC2NC(=O)CC2CCCN2)cc1. The van der Waals surface area contributed by atoms with E-state index in [9.17, 15) is 4.79 Å². The van der Waals surface area contributed by atoms with Gasteiger partial charge in [0.15, 0.2) is 0 Å². The Hall–Kier alpha value is -1.39. The van der Waals surface area contributed by atoms with Gasteiger partial charge in [-0.05, 0) is 44.7 Å². The molecule has 0 bridgehead atoms. The Morgan fingerprint density at radius 2 is 2.09 bits per heavy atom. The van der Waals surface area contributed by atoms with Gasteiger partial charge in [0.2, 0.25) is 5.91 Å². The van der Waals surface area contributed by atoms with Crippen molar-refractivity contribution in [3.8, 4) is 0 Å². The molecule has 4 heteroatoms. The Morgan fingerprint density at radius 3 is 2.82 bits per heavy atom. The lowest BCUT2D eigenvalue weighted by molar-refractivity contribution is -0.124. The third-order valence-electron chi connectivity index (χ3n) is 4.67. The highest BCUT2D eigenvalue weighted by atomic mass is 16.5. The number of amides is 1. The Labute approximate surface area is 132 Å². The molecule has 2 saturated heterocycles. The minimum Gasteiger partial charge on any atom is -0.371 e. The molecule has 0 spiro atoms. The van der Waals surface area contributed by atoms with Crippen LogP contribution in [0.5, 0.6) is 0 Å². The van der Waals surface area contributed by atoms with Gasteiger partial charge in [0.05, 0.1) is 6.04 Å². The molecule has 2 aliphatic heterocycles. The maximum atomic E-state index is 12.3. The smallest absolute Gasteiger partial charge is 0.221 e. The second kappa shape index (κ2) is 7.25. The molecule has 2 N–H and O–H groups in total. The van der Waals surface area contributed by atoms with Gasteiger partial charge in [0.1, 0.15) is 6.10 Å². The average Bonchev–Trinajstić information content (AvgIpc) is 3.01. The number of benzene rings is 1. The first-order chi connectivity index (χ1) is 10.7. The van der Waals surface area contributed by atoms with Gasteiger partial charge < -0.3 is 15.4 Å². The average molecular weight is 302 g/mol. The first kappa shape index (κ1) is 15.5. The van der Waals surface area contributed by atoms with Crippen LogP contribution in [0.3, 0.4) is 0 Å². The van der Waals surface area contributed by atoms with Crippen LogP contribution in [0.4, 0.5) is 0 Å². The molecule has 3 unspecified atom stereocenters. The van der Waals surface area contributed by atoms with Gasteiger partial charge >= 0.3 is 0 Å². The third-order valence-corrected chi connectivity index (χ3v) is 4.67. The molecule has 1 aromatic rings. The zero-order chi connectivity index (χ0) is 15.4. The van der Waals surface area contributed by atoms with Crippen molar-refractivity contribution in [3.63, 3.8) is 0 Å². The summed E-state index contributed by atoms with van der Waals surface area (Å²) in [7, 11) is 0. The highest BCUT2D eigenvalue weighted by Gasteiger charge is 2.29. The van der Waals surface area contributed by atoms with E-state index in [1.165, 1.54) is 12.0 Å². The Balaban J connectivity index is 1.61. The fourth-order valence-corrected chi connectivity index (χ4v) is 3.43. The summed E-state index contributed by atoms with van der Waals surface area (Å²) >= 11 is 0. The number of ether oxygens (including phenoxy) is 1. The Kier molecular flexibility index (Phi) is 5.11. The molecule has 0 aromatic heterocycles. The molecule has 3 atom stereocenters. The molecule has 1 aromatic carbocycles. The first-order valence-corrected chi connectivity index (χ1v) is 8.43. The molecule has 0 radical (unpaired) electrons. The number of carbonyl (C=O) groups is 1.